The van der Waals surface area contributed by atoms with Gasteiger partial charge in [0.05, 0.1) is 24.8 Å². The van der Waals surface area contributed by atoms with Gasteiger partial charge < -0.3 is 19.7 Å². The predicted molar refractivity (Wildman–Crippen MR) is 160 cm³/mol. The minimum absolute atomic E-state index is 0.0237. The number of methoxy groups -OCH3 is 2. The maximum Gasteiger partial charge on any atom is 0.264 e. The van der Waals surface area contributed by atoms with Crippen molar-refractivity contribution in [3.8, 4) is 11.5 Å². The van der Waals surface area contributed by atoms with Gasteiger partial charge in [0.1, 0.15) is 12.6 Å². The Morgan fingerprint density at radius 1 is 0.902 bits per heavy atom. The highest BCUT2D eigenvalue weighted by atomic mass is 32.2. The third kappa shape index (κ3) is 7.58. The molecule has 0 radical (unpaired) electrons. The topological polar surface area (TPSA) is 105 Å². The van der Waals surface area contributed by atoms with Crippen molar-refractivity contribution in [3.05, 3.63) is 83.9 Å². The number of hydrogen-bond acceptors (Lipinski definition) is 6. The van der Waals surface area contributed by atoms with Gasteiger partial charge in [-0.3, -0.25) is 13.9 Å². The van der Waals surface area contributed by atoms with Crippen LogP contribution in [0.25, 0.3) is 0 Å². The summed E-state index contributed by atoms with van der Waals surface area (Å²) in [6, 6.07) is 19.2. The van der Waals surface area contributed by atoms with Crippen LogP contribution in [0.2, 0.25) is 0 Å². The molecule has 0 aliphatic rings. The molecule has 0 unspecified atom stereocenters. The maximum atomic E-state index is 14.1. The number of rotatable bonds is 13. The third-order valence-corrected chi connectivity index (χ3v) is 8.82. The lowest BCUT2D eigenvalue weighted by Crippen LogP contribution is -2.52. The molecule has 0 fully saturated rings. The standard InChI is InChI=1S/C31H39N3O6S/c1-7-23(3)32-31(36)24(4)33(20-25-14-12-11-13-22(25)2)30(35)21-34(41(37,38)27-15-9-8-10-16-27)26-17-18-28(39-5)29(19-26)40-6/h8-19,23-24H,7,20-21H2,1-6H3,(H,32,36)/t23-,24-/m0/s1. The van der Waals surface area contributed by atoms with Gasteiger partial charge >= 0.3 is 0 Å². The van der Waals surface area contributed by atoms with E-state index in [1.807, 2.05) is 45.0 Å². The van der Waals surface area contributed by atoms with Crippen LogP contribution in [0, 0.1) is 6.92 Å². The van der Waals surface area contributed by atoms with Gasteiger partial charge in [-0.1, -0.05) is 49.4 Å². The number of aryl methyl sites for hydroxylation is 1. The van der Waals surface area contributed by atoms with Crippen molar-refractivity contribution in [1.29, 1.82) is 0 Å². The van der Waals surface area contributed by atoms with Crippen LogP contribution in [-0.2, 0) is 26.2 Å². The lowest BCUT2D eigenvalue weighted by molar-refractivity contribution is -0.139. The summed E-state index contributed by atoms with van der Waals surface area (Å²) in [5.41, 5.74) is 2.02. The molecule has 3 aromatic rings. The van der Waals surface area contributed by atoms with Gasteiger partial charge in [-0.2, -0.15) is 0 Å². The van der Waals surface area contributed by atoms with E-state index in [0.717, 1.165) is 21.9 Å². The van der Waals surface area contributed by atoms with Crippen LogP contribution >= 0.6 is 0 Å². The Hall–Kier alpha value is -4.05. The van der Waals surface area contributed by atoms with E-state index in [2.05, 4.69) is 5.32 Å². The van der Waals surface area contributed by atoms with E-state index in [9.17, 15) is 18.0 Å². The number of carbonyl (C=O) groups is 2. The molecule has 2 atom stereocenters. The molecule has 9 nitrogen and oxygen atoms in total. The number of amides is 2. The molecule has 0 aromatic heterocycles. The van der Waals surface area contributed by atoms with Crippen molar-refractivity contribution in [3.63, 3.8) is 0 Å². The quantitative estimate of drug-likeness (QED) is 0.318. The van der Waals surface area contributed by atoms with E-state index in [1.54, 1.807) is 37.3 Å². The number of hydrogen-bond donors (Lipinski definition) is 1. The van der Waals surface area contributed by atoms with Gasteiger partial charge in [-0.25, -0.2) is 8.42 Å². The lowest BCUT2D eigenvalue weighted by atomic mass is 10.1. The fraction of sp³-hybridized carbons (Fsp3) is 0.355. The van der Waals surface area contributed by atoms with E-state index in [0.29, 0.717) is 11.5 Å². The molecule has 41 heavy (non-hydrogen) atoms. The van der Waals surface area contributed by atoms with Crippen LogP contribution in [0.5, 0.6) is 11.5 Å². The second-order valence-electron chi connectivity index (χ2n) is 9.81. The molecule has 0 bridgehead atoms. The first-order chi connectivity index (χ1) is 19.5. The molecule has 3 aromatic carbocycles. The number of nitrogens with zero attached hydrogens (tertiary/aromatic N) is 2. The van der Waals surface area contributed by atoms with E-state index >= 15 is 0 Å². The highest BCUT2D eigenvalue weighted by Crippen LogP contribution is 2.34. The summed E-state index contributed by atoms with van der Waals surface area (Å²) in [5.74, 6) is -0.126. The summed E-state index contributed by atoms with van der Waals surface area (Å²) >= 11 is 0. The van der Waals surface area contributed by atoms with Crippen LogP contribution in [0.15, 0.2) is 77.7 Å². The van der Waals surface area contributed by atoms with Crippen LogP contribution in [0.3, 0.4) is 0 Å². The van der Waals surface area contributed by atoms with Gasteiger partial charge in [0.2, 0.25) is 11.8 Å². The molecular weight excluding hydrogens is 542 g/mol. The minimum atomic E-state index is -4.19. The Morgan fingerprint density at radius 2 is 1.54 bits per heavy atom. The molecule has 220 valence electrons. The van der Waals surface area contributed by atoms with Gasteiger partial charge in [0.15, 0.2) is 11.5 Å². The Kier molecular flexibility index (Phi) is 10.8. The smallest absolute Gasteiger partial charge is 0.264 e. The first-order valence-electron chi connectivity index (χ1n) is 13.5. The number of nitrogens with one attached hydrogen (secondary N) is 1. The summed E-state index contributed by atoms with van der Waals surface area (Å²) in [6.45, 7) is 7.02. The molecule has 0 aliphatic carbocycles. The van der Waals surface area contributed by atoms with Crippen LogP contribution in [-0.4, -0.2) is 58.0 Å². The van der Waals surface area contributed by atoms with Crippen molar-refractivity contribution in [2.24, 2.45) is 0 Å². The molecule has 0 aliphatic heterocycles. The zero-order valence-electron chi connectivity index (χ0n) is 24.5. The van der Waals surface area contributed by atoms with Crippen molar-refractivity contribution in [2.75, 3.05) is 25.1 Å². The zero-order valence-corrected chi connectivity index (χ0v) is 25.3. The summed E-state index contributed by atoms with van der Waals surface area (Å²) < 4.78 is 39.7. The first-order valence-corrected chi connectivity index (χ1v) is 14.9. The number of ether oxygens (including phenoxy) is 2. The Bertz CT molecular complexity index is 1450. The van der Waals surface area contributed by atoms with Gasteiger partial charge in [-0.05, 0) is 62.6 Å². The highest BCUT2D eigenvalue weighted by Gasteiger charge is 2.33. The van der Waals surface area contributed by atoms with Crippen LogP contribution in [0.1, 0.15) is 38.3 Å². The van der Waals surface area contributed by atoms with Crippen molar-refractivity contribution >= 4 is 27.5 Å². The van der Waals surface area contributed by atoms with E-state index in [-0.39, 0.29) is 29.1 Å². The molecular formula is C31H39N3O6S. The zero-order chi connectivity index (χ0) is 30.2. The predicted octanol–water partition coefficient (Wildman–Crippen LogP) is 4.54. The summed E-state index contributed by atoms with van der Waals surface area (Å²) in [5, 5.41) is 2.94. The van der Waals surface area contributed by atoms with E-state index in [4.69, 9.17) is 9.47 Å². The van der Waals surface area contributed by atoms with E-state index < -0.39 is 28.5 Å². The molecule has 0 saturated carbocycles. The van der Waals surface area contributed by atoms with Crippen LogP contribution < -0.4 is 19.1 Å². The second kappa shape index (κ2) is 14.0. The average molecular weight is 582 g/mol. The van der Waals surface area contributed by atoms with Gasteiger partial charge in [-0.15, -0.1) is 0 Å². The minimum Gasteiger partial charge on any atom is -0.493 e. The number of benzene rings is 3. The molecule has 2 amide bonds. The second-order valence-corrected chi connectivity index (χ2v) is 11.7. The Balaban J connectivity index is 2.08. The molecule has 3 rings (SSSR count). The van der Waals surface area contributed by atoms with Crippen molar-refractivity contribution < 1.29 is 27.5 Å². The van der Waals surface area contributed by atoms with Crippen LogP contribution in [0.4, 0.5) is 5.69 Å². The number of anilines is 1. The van der Waals surface area contributed by atoms with E-state index in [1.165, 1.54) is 37.3 Å². The summed E-state index contributed by atoms with van der Waals surface area (Å²) in [7, 11) is -1.26. The summed E-state index contributed by atoms with van der Waals surface area (Å²) in [6.07, 6.45) is 0.729. The normalized spacial score (nSPS) is 12.6. The average Bonchev–Trinajstić information content (AvgIpc) is 2.98. The van der Waals surface area contributed by atoms with Gasteiger partial charge in [0, 0.05) is 18.7 Å². The van der Waals surface area contributed by atoms with Gasteiger partial charge in [0.25, 0.3) is 10.0 Å². The van der Waals surface area contributed by atoms with Crippen molar-refractivity contribution in [2.45, 2.75) is 57.6 Å². The van der Waals surface area contributed by atoms with Crippen molar-refractivity contribution in [1.82, 2.24) is 10.2 Å². The SMILES string of the molecule is CC[C@H](C)NC(=O)[C@H](C)N(Cc1ccccc1C)C(=O)CN(c1ccc(OC)c(OC)c1)S(=O)(=O)c1ccccc1. The molecule has 0 heterocycles. The largest absolute Gasteiger partial charge is 0.493 e. The lowest BCUT2D eigenvalue weighted by Gasteiger charge is -2.33. The number of carbonyl (C=O) groups excluding carboxylic acids is 2. The fourth-order valence-electron chi connectivity index (χ4n) is 4.25. The molecule has 0 spiro atoms. The molecule has 0 saturated heterocycles. The fourth-order valence-corrected chi connectivity index (χ4v) is 5.67. The monoisotopic (exact) mass is 581 g/mol. The first kappa shape index (κ1) is 31.5. The summed E-state index contributed by atoms with van der Waals surface area (Å²) in [4.78, 5) is 28.7. The maximum absolute atomic E-state index is 14.1. The third-order valence-electron chi connectivity index (χ3n) is 7.04. The molecule has 10 heteroatoms. The Morgan fingerprint density at radius 3 is 2.15 bits per heavy atom. The molecule has 1 N–H and O–H groups in total. The number of sulfonamides is 1. The highest BCUT2D eigenvalue weighted by molar-refractivity contribution is 7.92. The Labute approximate surface area is 243 Å².